The first-order valence-electron chi connectivity index (χ1n) is 6.66. The fraction of sp³-hybridized carbons (Fsp3) is 0.312. The van der Waals surface area contributed by atoms with Crippen LogP contribution < -0.4 is 10.2 Å². The first-order valence-corrected chi connectivity index (χ1v) is 6.66. The summed E-state index contributed by atoms with van der Waals surface area (Å²) in [5.41, 5.74) is 3.95. The van der Waals surface area contributed by atoms with Crippen molar-refractivity contribution in [2.45, 2.75) is 19.9 Å². The molecule has 0 fully saturated rings. The van der Waals surface area contributed by atoms with Gasteiger partial charge in [0.05, 0.1) is 23.6 Å². The fourth-order valence-corrected chi connectivity index (χ4v) is 2.22. The normalized spacial score (nSPS) is 12.0. The Kier molecular flexibility index (Phi) is 4.13. The quantitative estimate of drug-likeness (QED) is 0.895. The summed E-state index contributed by atoms with van der Waals surface area (Å²) in [7, 11) is 3.99. The third kappa shape index (κ3) is 3.02. The lowest BCUT2D eigenvalue weighted by Crippen LogP contribution is -2.14. The maximum atomic E-state index is 10.1. The van der Waals surface area contributed by atoms with Crippen molar-refractivity contribution in [2.75, 3.05) is 24.3 Å². The van der Waals surface area contributed by atoms with E-state index in [2.05, 4.69) is 10.3 Å². The number of phenols is 1. The third-order valence-corrected chi connectivity index (χ3v) is 3.30. The smallest absolute Gasteiger partial charge is 0.121 e. The zero-order valence-corrected chi connectivity index (χ0v) is 12.4. The minimum Gasteiger partial charge on any atom is -0.508 e. The third-order valence-electron chi connectivity index (χ3n) is 3.30. The average Bonchev–Trinajstić information content (AvgIpc) is 2.38. The van der Waals surface area contributed by atoms with E-state index in [9.17, 15) is 5.11 Å². The van der Waals surface area contributed by atoms with Crippen LogP contribution in [-0.4, -0.2) is 24.2 Å². The minimum atomic E-state index is -0.00139. The molecule has 0 aliphatic carbocycles. The number of aromatic nitrogens is 1. The van der Waals surface area contributed by atoms with Crippen LogP contribution in [0.2, 0.25) is 0 Å². The molecule has 2 aromatic rings. The van der Waals surface area contributed by atoms with E-state index in [-0.39, 0.29) is 6.04 Å². The second-order valence-electron chi connectivity index (χ2n) is 5.22. The molecule has 0 spiro atoms. The number of rotatable bonds is 4. The molecule has 20 heavy (non-hydrogen) atoms. The van der Waals surface area contributed by atoms with Crippen molar-refractivity contribution in [2.24, 2.45) is 0 Å². The molecule has 1 atom stereocenters. The summed E-state index contributed by atoms with van der Waals surface area (Å²) in [4.78, 5) is 6.19. The first-order chi connectivity index (χ1) is 9.49. The second kappa shape index (κ2) is 5.82. The molecule has 0 radical (unpaired) electrons. The number of phenolic OH excluding ortho intramolecular Hbond substituents is 1. The standard InChI is InChI=1S/C16H21N3O/c1-11-5-6-13(16(20)9-11)12(2)18-14-10-17-8-7-15(14)19(3)4/h5-10,12,18,20H,1-4H3. The van der Waals surface area contributed by atoms with Crippen molar-refractivity contribution in [3.05, 3.63) is 47.8 Å². The molecular formula is C16H21N3O. The molecular weight excluding hydrogens is 250 g/mol. The van der Waals surface area contributed by atoms with Gasteiger partial charge < -0.3 is 15.3 Å². The molecule has 1 aromatic heterocycles. The highest BCUT2D eigenvalue weighted by Crippen LogP contribution is 2.30. The summed E-state index contributed by atoms with van der Waals surface area (Å²) in [6.45, 7) is 3.99. The monoisotopic (exact) mass is 271 g/mol. The van der Waals surface area contributed by atoms with E-state index in [1.807, 2.05) is 51.0 Å². The van der Waals surface area contributed by atoms with Gasteiger partial charge in [-0.15, -0.1) is 0 Å². The van der Waals surface area contributed by atoms with Crippen LogP contribution in [0.15, 0.2) is 36.7 Å². The van der Waals surface area contributed by atoms with E-state index in [0.29, 0.717) is 5.75 Å². The molecule has 0 bridgehead atoms. The Morgan fingerprint density at radius 1 is 1.25 bits per heavy atom. The Hall–Kier alpha value is -2.23. The molecule has 0 saturated carbocycles. The zero-order chi connectivity index (χ0) is 14.7. The van der Waals surface area contributed by atoms with Gasteiger partial charge in [-0.25, -0.2) is 0 Å². The van der Waals surface area contributed by atoms with Gasteiger partial charge in [0.25, 0.3) is 0 Å². The maximum Gasteiger partial charge on any atom is 0.121 e. The Balaban J connectivity index is 2.26. The molecule has 1 heterocycles. The number of pyridine rings is 1. The number of anilines is 2. The average molecular weight is 271 g/mol. The lowest BCUT2D eigenvalue weighted by atomic mass is 10.0. The van der Waals surface area contributed by atoms with Crippen molar-refractivity contribution < 1.29 is 5.11 Å². The molecule has 4 heteroatoms. The summed E-state index contributed by atoms with van der Waals surface area (Å²) in [6.07, 6.45) is 3.58. The Morgan fingerprint density at radius 2 is 2.00 bits per heavy atom. The maximum absolute atomic E-state index is 10.1. The molecule has 2 rings (SSSR count). The highest BCUT2D eigenvalue weighted by atomic mass is 16.3. The van der Waals surface area contributed by atoms with Gasteiger partial charge in [0.15, 0.2) is 0 Å². The van der Waals surface area contributed by atoms with Crippen molar-refractivity contribution in [1.82, 2.24) is 4.98 Å². The van der Waals surface area contributed by atoms with Gasteiger partial charge in [-0.2, -0.15) is 0 Å². The van der Waals surface area contributed by atoms with Gasteiger partial charge in [0, 0.05) is 25.9 Å². The van der Waals surface area contributed by atoms with E-state index in [0.717, 1.165) is 22.5 Å². The highest BCUT2D eigenvalue weighted by molar-refractivity contribution is 5.68. The number of hydrogen-bond donors (Lipinski definition) is 2. The van der Waals surface area contributed by atoms with Crippen LogP contribution in [0.4, 0.5) is 11.4 Å². The largest absolute Gasteiger partial charge is 0.508 e. The van der Waals surface area contributed by atoms with Crippen LogP contribution in [0, 0.1) is 6.92 Å². The van der Waals surface area contributed by atoms with Crippen molar-refractivity contribution in [3.8, 4) is 5.75 Å². The fourth-order valence-electron chi connectivity index (χ4n) is 2.22. The SMILES string of the molecule is Cc1ccc(C(C)Nc2cnccc2N(C)C)c(O)c1. The first kappa shape index (κ1) is 14.2. The summed E-state index contributed by atoms with van der Waals surface area (Å²) < 4.78 is 0. The topological polar surface area (TPSA) is 48.4 Å². The van der Waals surface area contributed by atoms with Crippen LogP contribution in [0.5, 0.6) is 5.75 Å². The number of aryl methyl sites for hydroxylation is 1. The van der Waals surface area contributed by atoms with Gasteiger partial charge in [0.1, 0.15) is 5.75 Å². The number of benzene rings is 1. The Bertz CT molecular complexity index is 596. The van der Waals surface area contributed by atoms with Gasteiger partial charge in [-0.05, 0) is 31.5 Å². The molecule has 2 N–H and O–H groups in total. The summed E-state index contributed by atoms with van der Waals surface area (Å²) in [5, 5.41) is 13.5. The minimum absolute atomic E-state index is 0.00139. The van der Waals surface area contributed by atoms with Crippen molar-refractivity contribution in [1.29, 1.82) is 0 Å². The van der Waals surface area contributed by atoms with Gasteiger partial charge in [-0.3, -0.25) is 4.98 Å². The number of nitrogens with zero attached hydrogens (tertiary/aromatic N) is 2. The van der Waals surface area contributed by atoms with E-state index in [1.54, 1.807) is 18.5 Å². The summed E-state index contributed by atoms with van der Waals surface area (Å²) in [5.74, 6) is 0.320. The Morgan fingerprint density at radius 3 is 2.65 bits per heavy atom. The van der Waals surface area contributed by atoms with E-state index < -0.39 is 0 Å². The molecule has 0 aliphatic rings. The van der Waals surface area contributed by atoms with E-state index in [1.165, 1.54) is 0 Å². The zero-order valence-electron chi connectivity index (χ0n) is 12.4. The van der Waals surface area contributed by atoms with Gasteiger partial charge in [-0.1, -0.05) is 12.1 Å². The number of aromatic hydroxyl groups is 1. The number of nitrogens with one attached hydrogen (secondary N) is 1. The molecule has 4 nitrogen and oxygen atoms in total. The molecule has 1 aromatic carbocycles. The van der Waals surface area contributed by atoms with E-state index >= 15 is 0 Å². The summed E-state index contributed by atoms with van der Waals surface area (Å²) >= 11 is 0. The summed E-state index contributed by atoms with van der Waals surface area (Å²) in [6, 6.07) is 7.70. The molecule has 0 amide bonds. The predicted octanol–water partition coefficient (Wildman–Crippen LogP) is 3.33. The lowest BCUT2D eigenvalue weighted by molar-refractivity contribution is 0.465. The van der Waals surface area contributed by atoms with E-state index in [4.69, 9.17) is 0 Å². The molecule has 106 valence electrons. The molecule has 0 aliphatic heterocycles. The highest BCUT2D eigenvalue weighted by Gasteiger charge is 2.13. The van der Waals surface area contributed by atoms with Crippen molar-refractivity contribution in [3.63, 3.8) is 0 Å². The Labute approximate surface area is 120 Å². The van der Waals surface area contributed by atoms with Gasteiger partial charge in [0.2, 0.25) is 0 Å². The number of hydrogen-bond acceptors (Lipinski definition) is 4. The van der Waals surface area contributed by atoms with Gasteiger partial charge >= 0.3 is 0 Å². The van der Waals surface area contributed by atoms with Crippen LogP contribution in [0.3, 0.4) is 0 Å². The van der Waals surface area contributed by atoms with Crippen LogP contribution in [-0.2, 0) is 0 Å². The lowest BCUT2D eigenvalue weighted by Gasteiger charge is -2.22. The molecule has 0 saturated heterocycles. The van der Waals surface area contributed by atoms with Crippen LogP contribution >= 0.6 is 0 Å². The van der Waals surface area contributed by atoms with Crippen molar-refractivity contribution >= 4 is 11.4 Å². The van der Waals surface area contributed by atoms with Crippen LogP contribution in [0.25, 0.3) is 0 Å². The predicted molar refractivity (Wildman–Crippen MR) is 83.4 cm³/mol. The second-order valence-corrected chi connectivity index (χ2v) is 5.22. The molecule has 1 unspecified atom stereocenters. The van der Waals surface area contributed by atoms with Crippen LogP contribution in [0.1, 0.15) is 24.1 Å².